The Bertz CT molecular complexity index is 549. The summed E-state index contributed by atoms with van der Waals surface area (Å²) >= 11 is 0. The van der Waals surface area contributed by atoms with E-state index < -0.39 is 0 Å². The van der Waals surface area contributed by atoms with Crippen LogP contribution >= 0.6 is 24.0 Å². The van der Waals surface area contributed by atoms with Gasteiger partial charge in [0.1, 0.15) is 5.82 Å². The van der Waals surface area contributed by atoms with Crippen LogP contribution in [-0.4, -0.2) is 38.0 Å². The topological polar surface area (TPSA) is 65.5 Å². The zero-order valence-electron chi connectivity index (χ0n) is 14.0. The van der Waals surface area contributed by atoms with E-state index in [2.05, 4.69) is 20.9 Å². The molecule has 24 heavy (non-hydrogen) atoms. The van der Waals surface area contributed by atoms with Crippen LogP contribution in [0.3, 0.4) is 0 Å². The highest BCUT2D eigenvalue weighted by atomic mass is 127. The average molecular weight is 448 g/mol. The predicted octanol–water partition coefficient (Wildman–Crippen LogP) is 2.07. The van der Waals surface area contributed by atoms with Gasteiger partial charge in [-0.25, -0.2) is 4.39 Å². The summed E-state index contributed by atoms with van der Waals surface area (Å²) in [6.45, 7) is 4.80. The zero-order valence-corrected chi connectivity index (χ0v) is 16.3. The lowest BCUT2D eigenvalue weighted by Gasteiger charge is -2.11. The van der Waals surface area contributed by atoms with Crippen molar-refractivity contribution in [2.24, 2.45) is 10.9 Å². The fourth-order valence-corrected chi connectivity index (χ4v) is 2.14. The third kappa shape index (κ3) is 8.47. The fraction of sp³-hybridized carbons (Fsp3) is 0.529. The molecule has 134 valence electrons. The number of benzene rings is 1. The van der Waals surface area contributed by atoms with Crippen LogP contribution in [0.4, 0.5) is 4.39 Å². The highest BCUT2D eigenvalue weighted by Gasteiger charge is 2.20. The van der Waals surface area contributed by atoms with Crippen LogP contribution in [0.5, 0.6) is 0 Å². The maximum absolute atomic E-state index is 13.1. The maximum atomic E-state index is 13.1. The van der Waals surface area contributed by atoms with E-state index in [0.29, 0.717) is 18.7 Å². The Morgan fingerprint density at radius 2 is 2.00 bits per heavy atom. The van der Waals surface area contributed by atoms with E-state index in [1.54, 1.807) is 12.1 Å². The lowest BCUT2D eigenvalue weighted by Crippen LogP contribution is -2.41. The average Bonchev–Trinajstić information content (AvgIpc) is 3.33. The first kappa shape index (κ1) is 20.7. The molecule has 2 rings (SSSR count). The first-order valence-electron chi connectivity index (χ1n) is 8.20. The van der Waals surface area contributed by atoms with Gasteiger partial charge in [-0.1, -0.05) is 12.1 Å². The van der Waals surface area contributed by atoms with Crippen LogP contribution in [0.15, 0.2) is 29.3 Å². The minimum absolute atomic E-state index is 0. The van der Waals surface area contributed by atoms with E-state index in [1.807, 2.05) is 6.92 Å². The third-order valence-electron chi connectivity index (χ3n) is 3.54. The summed E-state index contributed by atoms with van der Waals surface area (Å²) in [6, 6.07) is 6.10. The molecule has 0 heterocycles. The van der Waals surface area contributed by atoms with Crippen molar-refractivity contribution in [1.82, 2.24) is 16.0 Å². The van der Waals surface area contributed by atoms with Gasteiger partial charge in [0, 0.05) is 26.2 Å². The quantitative estimate of drug-likeness (QED) is 0.247. The van der Waals surface area contributed by atoms with E-state index in [4.69, 9.17) is 0 Å². The fourth-order valence-electron chi connectivity index (χ4n) is 2.14. The molecule has 0 atom stereocenters. The molecule has 3 N–H and O–H groups in total. The Hall–Kier alpha value is -1.38. The zero-order chi connectivity index (χ0) is 16.5. The van der Waals surface area contributed by atoms with Crippen LogP contribution in [0.1, 0.15) is 25.3 Å². The second-order valence-corrected chi connectivity index (χ2v) is 5.75. The highest BCUT2D eigenvalue weighted by Crippen LogP contribution is 2.28. The first-order chi connectivity index (χ1) is 11.2. The summed E-state index contributed by atoms with van der Waals surface area (Å²) in [4.78, 5) is 16.3. The maximum Gasteiger partial charge on any atom is 0.224 e. The number of carbonyl (C=O) groups is 1. The largest absolute Gasteiger partial charge is 0.357 e. The summed E-state index contributed by atoms with van der Waals surface area (Å²) in [5, 5.41) is 9.20. The standard InChI is InChI=1S/C17H25FN4O.HI/c1-2-19-17(22-12-13-6-7-13)21-9-8-20-16(23)11-14-4-3-5-15(18)10-14;/h3-5,10,13H,2,6-9,11-12H2,1H3,(H,20,23)(H2,19,21,22);1H. The molecule has 0 radical (unpaired) electrons. The van der Waals surface area contributed by atoms with Crippen LogP contribution in [0.25, 0.3) is 0 Å². The van der Waals surface area contributed by atoms with Crippen LogP contribution < -0.4 is 16.0 Å². The number of halogens is 2. The molecule has 1 fully saturated rings. The monoisotopic (exact) mass is 448 g/mol. The number of aliphatic imine (C=N–C) groups is 1. The summed E-state index contributed by atoms with van der Waals surface area (Å²) in [5.74, 6) is 1.10. The number of hydrogen-bond donors (Lipinski definition) is 3. The van der Waals surface area contributed by atoms with E-state index >= 15 is 0 Å². The Labute approximate surface area is 159 Å². The molecule has 1 aliphatic carbocycles. The van der Waals surface area contributed by atoms with Gasteiger partial charge in [-0.15, -0.1) is 24.0 Å². The van der Waals surface area contributed by atoms with Gasteiger partial charge in [-0.3, -0.25) is 9.79 Å². The van der Waals surface area contributed by atoms with Crippen LogP contribution in [0, 0.1) is 11.7 Å². The van der Waals surface area contributed by atoms with Crippen molar-refractivity contribution in [1.29, 1.82) is 0 Å². The number of nitrogens with one attached hydrogen (secondary N) is 3. The predicted molar refractivity (Wildman–Crippen MR) is 105 cm³/mol. The molecular weight excluding hydrogens is 422 g/mol. The molecule has 5 nitrogen and oxygen atoms in total. The van der Waals surface area contributed by atoms with Crippen molar-refractivity contribution in [3.05, 3.63) is 35.6 Å². The molecule has 0 aromatic heterocycles. The van der Waals surface area contributed by atoms with Gasteiger partial charge in [0.15, 0.2) is 5.96 Å². The van der Waals surface area contributed by atoms with Gasteiger partial charge in [-0.2, -0.15) is 0 Å². The normalized spacial score (nSPS) is 13.8. The van der Waals surface area contributed by atoms with Crippen molar-refractivity contribution in [2.75, 3.05) is 26.2 Å². The molecule has 7 heteroatoms. The SMILES string of the molecule is CCNC(=NCC1CC1)NCCNC(=O)Cc1cccc(F)c1.I. The van der Waals surface area contributed by atoms with Gasteiger partial charge < -0.3 is 16.0 Å². The minimum Gasteiger partial charge on any atom is -0.357 e. The molecule has 0 spiro atoms. The Morgan fingerprint density at radius 1 is 1.25 bits per heavy atom. The van der Waals surface area contributed by atoms with Crippen LogP contribution in [0.2, 0.25) is 0 Å². The lowest BCUT2D eigenvalue weighted by molar-refractivity contribution is -0.120. The molecule has 0 aliphatic heterocycles. The van der Waals surface area contributed by atoms with Crippen LogP contribution in [-0.2, 0) is 11.2 Å². The summed E-state index contributed by atoms with van der Waals surface area (Å²) in [5.41, 5.74) is 0.676. The first-order valence-corrected chi connectivity index (χ1v) is 8.20. The van der Waals surface area contributed by atoms with Gasteiger partial charge in [0.25, 0.3) is 0 Å². The van der Waals surface area contributed by atoms with Gasteiger partial charge >= 0.3 is 0 Å². The number of rotatable bonds is 8. The second-order valence-electron chi connectivity index (χ2n) is 5.75. The molecule has 1 aromatic carbocycles. The molecular formula is C17H26FIN4O. The molecule has 1 aliphatic rings. The van der Waals surface area contributed by atoms with E-state index in [9.17, 15) is 9.18 Å². The van der Waals surface area contributed by atoms with Crippen molar-refractivity contribution < 1.29 is 9.18 Å². The molecule has 1 saturated carbocycles. The number of hydrogen-bond acceptors (Lipinski definition) is 2. The number of amides is 1. The Kier molecular flexibility index (Phi) is 9.66. The van der Waals surface area contributed by atoms with Crippen molar-refractivity contribution in [2.45, 2.75) is 26.2 Å². The number of nitrogens with zero attached hydrogens (tertiary/aromatic N) is 1. The Balaban J connectivity index is 0.00000288. The lowest BCUT2D eigenvalue weighted by atomic mass is 10.1. The summed E-state index contributed by atoms with van der Waals surface area (Å²) in [6.07, 6.45) is 2.74. The molecule has 0 bridgehead atoms. The Morgan fingerprint density at radius 3 is 2.67 bits per heavy atom. The minimum atomic E-state index is -0.320. The van der Waals surface area contributed by atoms with Gasteiger partial charge in [0.2, 0.25) is 5.91 Å². The van der Waals surface area contributed by atoms with Crippen molar-refractivity contribution in [3.63, 3.8) is 0 Å². The smallest absolute Gasteiger partial charge is 0.224 e. The van der Waals surface area contributed by atoms with Gasteiger partial charge in [0.05, 0.1) is 6.42 Å². The van der Waals surface area contributed by atoms with Crippen molar-refractivity contribution >= 4 is 35.8 Å². The highest BCUT2D eigenvalue weighted by molar-refractivity contribution is 14.0. The summed E-state index contributed by atoms with van der Waals surface area (Å²) in [7, 11) is 0. The van der Waals surface area contributed by atoms with E-state index in [-0.39, 0.29) is 42.1 Å². The van der Waals surface area contributed by atoms with Crippen molar-refractivity contribution in [3.8, 4) is 0 Å². The second kappa shape index (κ2) is 11.2. The van der Waals surface area contributed by atoms with Gasteiger partial charge in [-0.05, 0) is 43.4 Å². The van der Waals surface area contributed by atoms with E-state index in [0.717, 1.165) is 25.0 Å². The van der Waals surface area contributed by atoms with E-state index in [1.165, 1.54) is 25.0 Å². The number of carbonyl (C=O) groups excluding carboxylic acids is 1. The molecule has 0 unspecified atom stereocenters. The third-order valence-corrected chi connectivity index (χ3v) is 3.54. The molecule has 0 saturated heterocycles. The summed E-state index contributed by atoms with van der Waals surface area (Å²) < 4.78 is 13.1. The number of guanidine groups is 1. The molecule has 1 aromatic rings. The molecule has 1 amide bonds.